The molecule has 3 heteroatoms. The minimum atomic E-state index is -0.0675. The zero-order valence-corrected chi connectivity index (χ0v) is 10.2. The summed E-state index contributed by atoms with van der Waals surface area (Å²) in [5.74, 6) is 0.711. The predicted octanol–water partition coefficient (Wildman–Crippen LogP) is 2.86. The van der Waals surface area contributed by atoms with Gasteiger partial charge in [0.1, 0.15) is 5.82 Å². The molecule has 0 aliphatic carbocycles. The fourth-order valence-corrected chi connectivity index (χ4v) is 1.61. The van der Waals surface area contributed by atoms with Crippen molar-refractivity contribution in [2.75, 3.05) is 0 Å². The van der Waals surface area contributed by atoms with Crippen molar-refractivity contribution in [1.29, 1.82) is 0 Å². The minimum absolute atomic E-state index is 0.0675. The van der Waals surface area contributed by atoms with Crippen LogP contribution >= 0.6 is 0 Å². The molecule has 0 aliphatic rings. The number of aryl methyl sites for hydroxylation is 1. The molecule has 0 radical (unpaired) electrons. The van der Waals surface area contributed by atoms with Gasteiger partial charge in [-0.1, -0.05) is 36.8 Å². The molecule has 1 unspecified atom stereocenters. The van der Waals surface area contributed by atoms with Crippen molar-refractivity contribution in [2.45, 2.75) is 26.3 Å². The third kappa shape index (κ3) is 2.68. The maximum atomic E-state index is 5.88. The van der Waals surface area contributed by atoms with Crippen molar-refractivity contribution in [2.24, 2.45) is 5.73 Å². The largest absolute Gasteiger partial charge is 0.321 e. The number of aromatic nitrogens is 2. The summed E-state index contributed by atoms with van der Waals surface area (Å²) in [5, 5.41) is 0. The Morgan fingerprint density at radius 3 is 2.18 bits per heavy atom. The molecule has 0 fully saturated rings. The Bertz CT molecular complexity index is 474. The fraction of sp³-hybridized carbons (Fsp3) is 0.286. The van der Waals surface area contributed by atoms with Crippen LogP contribution in [0.25, 0.3) is 11.1 Å². The average Bonchev–Trinajstić information content (AvgIpc) is 2.39. The van der Waals surface area contributed by atoms with Crippen molar-refractivity contribution in [1.82, 2.24) is 9.97 Å². The van der Waals surface area contributed by atoms with E-state index in [0.29, 0.717) is 5.82 Å². The first-order valence-corrected chi connectivity index (χ1v) is 5.85. The lowest BCUT2D eigenvalue weighted by atomic mass is 10.1. The third-order valence-corrected chi connectivity index (χ3v) is 2.83. The van der Waals surface area contributed by atoms with Gasteiger partial charge in [0.05, 0.1) is 6.04 Å². The zero-order valence-electron chi connectivity index (χ0n) is 10.2. The first-order chi connectivity index (χ1) is 8.20. The summed E-state index contributed by atoms with van der Waals surface area (Å²) in [6.45, 7) is 4.10. The molecule has 0 amide bonds. The van der Waals surface area contributed by atoms with Gasteiger partial charge >= 0.3 is 0 Å². The van der Waals surface area contributed by atoms with Gasteiger partial charge in [0.15, 0.2) is 0 Å². The van der Waals surface area contributed by atoms with Crippen LogP contribution in [0.1, 0.15) is 30.8 Å². The molecule has 1 heterocycles. The van der Waals surface area contributed by atoms with Gasteiger partial charge in [-0.3, -0.25) is 0 Å². The van der Waals surface area contributed by atoms with Crippen molar-refractivity contribution in [3.8, 4) is 11.1 Å². The summed E-state index contributed by atoms with van der Waals surface area (Å²) in [4.78, 5) is 8.62. The van der Waals surface area contributed by atoms with E-state index in [2.05, 4.69) is 41.2 Å². The average molecular weight is 227 g/mol. The summed E-state index contributed by atoms with van der Waals surface area (Å²) in [7, 11) is 0. The Hall–Kier alpha value is -1.74. The van der Waals surface area contributed by atoms with Gasteiger partial charge in [-0.2, -0.15) is 0 Å². The maximum absolute atomic E-state index is 5.88. The monoisotopic (exact) mass is 227 g/mol. The second-order valence-electron chi connectivity index (χ2n) is 4.21. The van der Waals surface area contributed by atoms with E-state index in [4.69, 9.17) is 5.73 Å². The Morgan fingerprint density at radius 2 is 1.65 bits per heavy atom. The van der Waals surface area contributed by atoms with Crippen LogP contribution in [0.3, 0.4) is 0 Å². The molecule has 3 nitrogen and oxygen atoms in total. The molecule has 1 aromatic heterocycles. The van der Waals surface area contributed by atoms with Gasteiger partial charge < -0.3 is 5.73 Å². The van der Waals surface area contributed by atoms with Crippen LogP contribution in [-0.2, 0) is 0 Å². The van der Waals surface area contributed by atoms with Gasteiger partial charge in [0.2, 0.25) is 0 Å². The molecule has 0 aliphatic heterocycles. The van der Waals surface area contributed by atoms with Crippen molar-refractivity contribution < 1.29 is 0 Å². The molecule has 1 atom stereocenters. The summed E-state index contributed by atoms with van der Waals surface area (Å²) in [5.41, 5.74) is 9.28. The number of hydrogen-bond donors (Lipinski definition) is 1. The zero-order chi connectivity index (χ0) is 12.3. The topological polar surface area (TPSA) is 51.8 Å². The van der Waals surface area contributed by atoms with Gasteiger partial charge in [0, 0.05) is 18.0 Å². The molecule has 0 saturated heterocycles. The molecule has 2 aromatic rings. The lowest BCUT2D eigenvalue weighted by Gasteiger charge is -2.07. The van der Waals surface area contributed by atoms with Crippen molar-refractivity contribution >= 4 is 0 Å². The second-order valence-corrected chi connectivity index (χ2v) is 4.21. The van der Waals surface area contributed by atoms with Crippen LogP contribution in [0.5, 0.6) is 0 Å². The van der Waals surface area contributed by atoms with E-state index in [1.54, 1.807) is 0 Å². The summed E-state index contributed by atoms with van der Waals surface area (Å²) in [6.07, 6.45) is 4.52. The smallest absolute Gasteiger partial charge is 0.144 e. The highest BCUT2D eigenvalue weighted by Gasteiger charge is 2.06. The molecule has 1 aromatic carbocycles. The summed E-state index contributed by atoms with van der Waals surface area (Å²) in [6, 6.07) is 8.25. The van der Waals surface area contributed by atoms with E-state index in [0.717, 1.165) is 17.5 Å². The number of benzene rings is 1. The molecule has 88 valence electrons. The molecule has 0 bridgehead atoms. The minimum Gasteiger partial charge on any atom is -0.321 e. The number of nitrogens with two attached hydrogens (primary N) is 1. The summed E-state index contributed by atoms with van der Waals surface area (Å²) >= 11 is 0. The fourth-order valence-electron chi connectivity index (χ4n) is 1.61. The van der Waals surface area contributed by atoms with Crippen molar-refractivity contribution in [3.05, 3.63) is 48.0 Å². The second kappa shape index (κ2) is 5.06. The first-order valence-electron chi connectivity index (χ1n) is 5.85. The Balaban J connectivity index is 2.26. The van der Waals surface area contributed by atoms with Crippen LogP contribution in [0.4, 0.5) is 0 Å². The van der Waals surface area contributed by atoms with Gasteiger partial charge in [-0.05, 0) is 18.9 Å². The molecule has 0 saturated carbocycles. The standard InChI is InChI=1S/C14H17N3/c1-3-13(15)14-16-8-12(9-17-14)11-6-4-10(2)5-7-11/h4-9,13H,3,15H2,1-2H3. The van der Waals surface area contributed by atoms with E-state index in [1.165, 1.54) is 5.56 Å². The van der Waals surface area contributed by atoms with Crippen LogP contribution in [0, 0.1) is 6.92 Å². The van der Waals surface area contributed by atoms with E-state index < -0.39 is 0 Å². The van der Waals surface area contributed by atoms with Crippen molar-refractivity contribution in [3.63, 3.8) is 0 Å². The van der Waals surface area contributed by atoms with Crippen LogP contribution in [0.15, 0.2) is 36.7 Å². The maximum Gasteiger partial charge on any atom is 0.144 e. The van der Waals surface area contributed by atoms with Gasteiger partial charge in [-0.15, -0.1) is 0 Å². The Morgan fingerprint density at radius 1 is 1.06 bits per heavy atom. The number of nitrogens with zero attached hydrogens (tertiary/aromatic N) is 2. The van der Waals surface area contributed by atoms with E-state index in [9.17, 15) is 0 Å². The van der Waals surface area contributed by atoms with E-state index in [-0.39, 0.29) is 6.04 Å². The first kappa shape index (κ1) is 11.7. The lowest BCUT2D eigenvalue weighted by Crippen LogP contribution is -2.12. The van der Waals surface area contributed by atoms with Gasteiger partial charge in [0.25, 0.3) is 0 Å². The molecule has 2 rings (SSSR count). The third-order valence-electron chi connectivity index (χ3n) is 2.83. The molecule has 17 heavy (non-hydrogen) atoms. The SMILES string of the molecule is CCC(N)c1ncc(-c2ccc(C)cc2)cn1. The highest BCUT2D eigenvalue weighted by Crippen LogP contribution is 2.19. The van der Waals surface area contributed by atoms with E-state index >= 15 is 0 Å². The highest BCUT2D eigenvalue weighted by atomic mass is 14.9. The Kier molecular flexibility index (Phi) is 3.49. The molecule has 2 N–H and O–H groups in total. The van der Waals surface area contributed by atoms with Gasteiger partial charge in [-0.25, -0.2) is 9.97 Å². The lowest BCUT2D eigenvalue weighted by molar-refractivity contribution is 0.649. The molecular weight excluding hydrogens is 210 g/mol. The number of rotatable bonds is 3. The molecule has 0 spiro atoms. The predicted molar refractivity (Wildman–Crippen MR) is 69.4 cm³/mol. The molecular formula is C14H17N3. The normalized spacial score (nSPS) is 12.4. The van der Waals surface area contributed by atoms with E-state index in [1.807, 2.05) is 19.3 Å². The van der Waals surface area contributed by atoms with Crippen LogP contribution in [-0.4, -0.2) is 9.97 Å². The van der Waals surface area contributed by atoms with Crippen LogP contribution < -0.4 is 5.73 Å². The quantitative estimate of drug-likeness (QED) is 0.877. The number of hydrogen-bond acceptors (Lipinski definition) is 3. The van der Waals surface area contributed by atoms with Crippen LogP contribution in [0.2, 0.25) is 0 Å². The highest BCUT2D eigenvalue weighted by molar-refractivity contribution is 5.61. The Labute approximate surface area is 102 Å². The summed E-state index contributed by atoms with van der Waals surface area (Å²) < 4.78 is 0.